The summed E-state index contributed by atoms with van der Waals surface area (Å²) in [6.45, 7) is 3.78. The maximum Gasteiger partial charge on any atom is 0.247 e. The number of aromatic nitrogens is 1. The Morgan fingerprint density at radius 1 is 1.53 bits per heavy atom. The molecule has 5 nitrogen and oxygen atoms in total. The number of rotatable bonds is 2. The highest BCUT2D eigenvalue weighted by Gasteiger charge is 2.34. The lowest BCUT2D eigenvalue weighted by molar-refractivity contribution is -0.131. The zero-order valence-electron chi connectivity index (χ0n) is 9.93. The van der Waals surface area contributed by atoms with Crippen molar-refractivity contribution < 1.29 is 9.59 Å². The van der Waals surface area contributed by atoms with Crippen molar-refractivity contribution in [2.45, 2.75) is 26.3 Å². The second-order valence-corrected chi connectivity index (χ2v) is 4.01. The van der Waals surface area contributed by atoms with Gasteiger partial charge in [-0.05, 0) is 25.5 Å². The second-order valence-electron chi connectivity index (χ2n) is 4.01. The summed E-state index contributed by atoms with van der Waals surface area (Å²) in [5.41, 5.74) is 1.48. The lowest BCUT2D eigenvalue weighted by atomic mass is 10.1. The normalized spacial score (nSPS) is 20.4. The van der Waals surface area contributed by atoms with Crippen LogP contribution in [0.3, 0.4) is 0 Å². The molecular formula is C12H15N3O2. The molecule has 2 rings (SSSR count). The first-order valence-electron chi connectivity index (χ1n) is 5.66. The fourth-order valence-electron chi connectivity index (χ4n) is 2.06. The summed E-state index contributed by atoms with van der Waals surface area (Å²) in [4.78, 5) is 29.4. The minimum absolute atomic E-state index is 0.0592. The van der Waals surface area contributed by atoms with E-state index >= 15 is 0 Å². The van der Waals surface area contributed by atoms with Gasteiger partial charge in [-0.25, -0.2) is 0 Å². The molecule has 0 radical (unpaired) electrons. The summed E-state index contributed by atoms with van der Waals surface area (Å²) in [6.07, 6.45) is 2.26. The zero-order valence-corrected chi connectivity index (χ0v) is 9.93. The molecule has 1 fully saturated rings. The number of amides is 2. The Hall–Kier alpha value is -1.91. The largest absolute Gasteiger partial charge is 0.345 e. The third-order valence-electron chi connectivity index (χ3n) is 2.92. The van der Waals surface area contributed by atoms with Crippen LogP contribution in [0.2, 0.25) is 0 Å². The Morgan fingerprint density at radius 3 is 2.94 bits per heavy atom. The van der Waals surface area contributed by atoms with Gasteiger partial charge in [0.25, 0.3) is 0 Å². The van der Waals surface area contributed by atoms with Crippen LogP contribution in [-0.4, -0.2) is 29.4 Å². The van der Waals surface area contributed by atoms with Crippen LogP contribution in [0.25, 0.3) is 0 Å². The van der Waals surface area contributed by atoms with Crippen molar-refractivity contribution in [1.82, 2.24) is 10.3 Å². The van der Waals surface area contributed by atoms with Crippen LogP contribution in [-0.2, 0) is 9.59 Å². The topological polar surface area (TPSA) is 62.3 Å². The van der Waals surface area contributed by atoms with Crippen LogP contribution in [0.5, 0.6) is 0 Å². The molecule has 0 spiro atoms. The van der Waals surface area contributed by atoms with E-state index in [0.29, 0.717) is 6.42 Å². The summed E-state index contributed by atoms with van der Waals surface area (Å²) >= 11 is 0. The van der Waals surface area contributed by atoms with Gasteiger partial charge in [-0.3, -0.25) is 19.5 Å². The van der Waals surface area contributed by atoms with Gasteiger partial charge in [0.15, 0.2) is 0 Å². The number of nitrogens with one attached hydrogen (secondary N) is 1. The highest BCUT2D eigenvalue weighted by atomic mass is 16.2. The molecule has 90 valence electrons. The fraction of sp³-hybridized carbons (Fsp3) is 0.417. The van der Waals surface area contributed by atoms with E-state index in [0.717, 1.165) is 11.4 Å². The number of pyridine rings is 1. The first-order valence-corrected chi connectivity index (χ1v) is 5.66. The Balaban J connectivity index is 2.43. The zero-order chi connectivity index (χ0) is 12.4. The van der Waals surface area contributed by atoms with Crippen LogP contribution < -0.4 is 10.2 Å². The molecule has 17 heavy (non-hydrogen) atoms. The molecule has 1 atom stereocenters. The van der Waals surface area contributed by atoms with Gasteiger partial charge < -0.3 is 5.32 Å². The summed E-state index contributed by atoms with van der Waals surface area (Å²) < 4.78 is 0. The molecule has 5 heteroatoms. The summed E-state index contributed by atoms with van der Waals surface area (Å²) in [5.74, 6) is -0.192. The van der Waals surface area contributed by atoms with E-state index in [1.165, 1.54) is 0 Å². The molecule has 1 N–H and O–H groups in total. The molecule has 0 aliphatic carbocycles. The minimum atomic E-state index is -0.431. The Kier molecular flexibility index (Phi) is 3.08. The Bertz CT molecular complexity index is 459. The number of aryl methyl sites for hydroxylation is 1. The Labute approximate surface area is 99.8 Å². The SMILES string of the molecule is CCC1C(=O)NCC(=O)N1c1cccnc1C. The van der Waals surface area contributed by atoms with Crippen LogP contribution in [0.1, 0.15) is 19.0 Å². The number of nitrogens with zero attached hydrogens (tertiary/aromatic N) is 2. The van der Waals surface area contributed by atoms with E-state index in [4.69, 9.17) is 0 Å². The average molecular weight is 233 g/mol. The van der Waals surface area contributed by atoms with Crippen molar-refractivity contribution in [3.8, 4) is 0 Å². The predicted molar refractivity (Wildman–Crippen MR) is 63.5 cm³/mol. The molecule has 2 heterocycles. The highest BCUT2D eigenvalue weighted by Crippen LogP contribution is 2.23. The van der Waals surface area contributed by atoms with Gasteiger partial charge in [-0.1, -0.05) is 6.92 Å². The summed E-state index contributed by atoms with van der Waals surface area (Å²) in [5, 5.41) is 2.60. The third kappa shape index (κ3) is 2.00. The minimum Gasteiger partial charge on any atom is -0.345 e. The first kappa shape index (κ1) is 11.6. The summed E-state index contributed by atoms with van der Waals surface area (Å²) in [6, 6.07) is 3.16. The van der Waals surface area contributed by atoms with E-state index in [1.54, 1.807) is 17.2 Å². The average Bonchev–Trinajstić information content (AvgIpc) is 2.33. The second kappa shape index (κ2) is 4.53. The molecule has 1 aromatic heterocycles. The number of carbonyl (C=O) groups is 2. The van der Waals surface area contributed by atoms with E-state index in [2.05, 4.69) is 10.3 Å². The molecule has 1 aliphatic heterocycles. The molecule has 0 saturated carbocycles. The highest BCUT2D eigenvalue weighted by molar-refractivity contribution is 6.06. The number of carbonyl (C=O) groups excluding carboxylic acids is 2. The number of hydrogen-bond donors (Lipinski definition) is 1. The number of piperazine rings is 1. The number of anilines is 1. The standard InChI is InChI=1S/C12H15N3O2/c1-3-9-12(17)14-7-11(16)15(9)10-5-4-6-13-8(10)2/h4-6,9H,3,7H2,1-2H3,(H,14,17). The van der Waals surface area contributed by atoms with Crippen LogP contribution in [0.15, 0.2) is 18.3 Å². The van der Waals surface area contributed by atoms with Gasteiger partial charge in [0.2, 0.25) is 11.8 Å². The monoisotopic (exact) mass is 233 g/mol. The Morgan fingerprint density at radius 2 is 2.29 bits per heavy atom. The van der Waals surface area contributed by atoms with Crippen molar-refractivity contribution in [3.05, 3.63) is 24.0 Å². The van der Waals surface area contributed by atoms with Crippen LogP contribution >= 0.6 is 0 Å². The molecule has 1 aliphatic rings. The maximum atomic E-state index is 11.9. The van der Waals surface area contributed by atoms with Crippen molar-refractivity contribution in [2.24, 2.45) is 0 Å². The van der Waals surface area contributed by atoms with E-state index in [-0.39, 0.29) is 18.4 Å². The third-order valence-corrected chi connectivity index (χ3v) is 2.92. The predicted octanol–water partition coefficient (Wildman–Crippen LogP) is 0.631. The van der Waals surface area contributed by atoms with Gasteiger partial charge >= 0.3 is 0 Å². The molecule has 1 aromatic rings. The lowest BCUT2D eigenvalue weighted by Gasteiger charge is -2.34. The van der Waals surface area contributed by atoms with Gasteiger partial charge in [-0.15, -0.1) is 0 Å². The molecule has 0 aromatic carbocycles. The van der Waals surface area contributed by atoms with Crippen molar-refractivity contribution >= 4 is 17.5 Å². The molecule has 2 amide bonds. The number of hydrogen-bond acceptors (Lipinski definition) is 3. The maximum absolute atomic E-state index is 11.9. The molecular weight excluding hydrogens is 218 g/mol. The van der Waals surface area contributed by atoms with Crippen LogP contribution in [0.4, 0.5) is 5.69 Å². The van der Waals surface area contributed by atoms with E-state index < -0.39 is 6.04 Å². The smallest absolute Gasteiger partial charge is 0.247 e. The van der Waals surface area contributed by atoms with Crippen molar-refractivity contribution in [2.75, 3.05) is 11.4 Å². The van der Waals surface area contributed by atoms with Gasteiger partial charge in [-0.2, -0.15) is 0 Å². The van der Waals surface area contributed by atoms with Gasteiger partial charge in [0, 0.05) is 6.20 Å². The van der Waals surface area contributed by atoms with Crippen molar-refractivity contribution in [3.63, 3.8) is 0 Å². The van der Waals surface area contributed by atoms with E-state index in [9.17, 15) is 9.59 Å². The summed E-state index contributed by atoms with van der Waals surface area (Å²) in [7, 11) is 0. The fourth-order valence-corrected chi connectivity index (χ4v) is 2.06. The van der Waals surface area contributed by atoms with Gasteiger partial charge in [0.05, 0.1) is 17.9 Å². The lowest BCUT2D eigenvalue weighted by Crippen LogP contribution is -2.58. The quantitative estimate of drug-likeness (QED) is 0.815. The molecule has 0 bridgehead atoms. The van der Waals surface area contributed by atoms with Crippen molar-refractivity contribution in [1.29, 1.82) is 0 Å². The van der Waals surface area contributed by atoms with E-state index in [1.807, 2.05) is 19.9 Å². The van der Waals surface area contributed by atoms with Gasteiger partial charge in [0.1, 0.15) is 6.04 Å². The molecule has 1 unspecified atom stereocenters. The molecule has 1 saturated heterocycles. The van der Waals surface area contributed by atoms with Crippen LogP contribution in [0, 0.1) is 6.92 Å². The first-order chi connectivity index (χ1) is 8.15.